The van der Waals surface area contributed by atoms with Gasteiger partial charge in [-0.3, -0.25) is 0 Å². The molecule has 3 nitrogen and oxygen atoms in total. The first-order valence-electron chi connectivity index (χ1n) is 7.81. The van der Waals surface area contributed by atoms with Gasteiger partial charge in [0.1, 0.15) is 0 Å². The van der Waals surface area contributed by atoms with E-state index >= 15 is 0 Å². The number of nitrogens with one attached hydrogen (secondary N) is 1. The number of benzene rings is 1. The molecule has 21 heavy (non-hydrogen) atoms. The first kappa shape index (κ1) is 16.8. The third kappa shape index (κ3) is 5.29. The molecule has 0 aliphatic heterocycles. The third-order valence-electron chi connectivity index (χ3n) is 3.96. The van der Waals surface area contributed by atoms with Crippen LogP contribution in [0, 0.1) is 0 Å². The predicted molar refractivity (Wildman–Crippen MR) is 89.8 cm³/mol. The van der Waals surface area contributed by atoms with E-state index in [1.807, 2.05) is 17.8 Å². The molecule has 0 saturated heterocycles. The van der Waals surface area contributed by atoms with Gasteiger partial charge in [0.25, 0.3) is 0 Å². The van der Waals surface area contributed by atoms with Crippen LogP contribution >= 0.6 is 11.8 Å². The van der Waals surface area contributed by atoms with Crippen LogP contribution in [0.4, 0.5) is 0 Å². The Morgan fingerprint density at radius 3 is 2.67 bits per heavy atom. The van der Waals surface area contributed by atoms with Crippen LogP contribution in [0.5, 0.6) is 0 Å². The highest BCUT2D eigenvalue weighted by molar-refractivity contribution is 7.99. The summed E-state index contributed by atoms with van der Waals surface area (Å²) in [4.78, 5) is 0. The van der Waals surface area contributed by atoms with Gasteiger partial charge in [0.05, 0.1) is 12.1 Å². The number of hydrogen-bond acceptors (Lipinski definition) is 4. The Balaban J connectivity index is 1.91. The molecule has 0 spiro atoms. The lowest BCUT2D eigenvalue weighted by molar-refractivity contribution is 0.154. The van der Waals surface area contributed by atoms with Gasteiger partial charge in [-0.2, -0.15) is 11.8 Å². The molecule has 1 aliphatic rings. The Labute approximate surface area is 132 Å². The number of rotatable bonds is 11. The van der Waals surface area contributed by atoms with Gasteiger partial charge in [-0.1, -0.05) is 30.3 Å². The van der Waals surface area contributed by atoms with Gasteiger partial charge in [0, 0.05) is 19.8 Å². The topological polar surface area (TPSA) is 41.5 Å². The molecule has 1 aliphatic carbocycles. The fraction of sp³-hybridized carbons (Fsp3) is 0.647. The van der Waals surface area contributed by atoms with E-state index in [0.717, 1.165) is 31.0 Å². The van der Waals surface area contributed by atoms with Crippen molar-refractivity contribution in [2.45, 2.75) is 37.3 Å². The summed E-state index contributed by atoms with van der Waals surface area (Å²) >= 11 is 1.95. The highest BCUT2D eigenvalue weighted by Crippen LogP contribution is 2.32. The summed E-state index contributed by atoms with van der Waals surface area (Å²) in [6, 6.07) is 11.0. The van der Waals surface area contributed by atoms with Gasteiger partial charge in [0.15, 0.2) is 0 Å². The molecule has 1 aromatic rings. The van der Waals surface area contributed by atoms with Crippen LogP contribution in [0.3, 0.4) is 0 Å². The van der Waals surface area contributed by atoms with Gasteiger partial charge in [-0.15, -0.1) is 0 Å². The minimum absolute atomic E-state index is 0.159. The number of hydrogen-bond donors (Lipinski definition) is 2. The summed E-state index contributed by atoms with van der Waals surface area (Å²) in [5.41, 5.74) is 0.924. The van der Waals surface area contributed by atoms with Gasteiger partial charge < -0.3 is 15.2 Å². The highest BCUT2D eigenvalue weighted by Gasteiger charge is 2.36. The second-order valence-electron chi connectivity index (χ2n) is 5.73. The van der Waals surface area contributed by atoms with E-state index in [2.05, 4.69) is 29.6 Å². The molecule has 1 atom stereocenters. The number of thioether (sulfide) groups is 1. The normalized spacial score (nSPS) is 17.6. The molecule has 0 aromatic heterocycles. The Kier molecular flexibility index (Phi) is 7.04. The lowest BCUT2D eigenvalue weighted by atomic mass is 9.87. The van der Waals surface area contributed by atoms with Crippen molar-refractivity contribution >= 4 is 11.8 Å². The standard InChI is InChI=1S/C17H27NO2S/c1-20-11-5-12-21-13-10-17(14-19,18-16-8-9-16)15-6-3-2-4-7-15/h2-4,6-7,16,18-19H,5,8-14H2,1H3. The molecule has 118 valence electrons. The summed E-state index contributed by atoms with van der Waals surface area (Å²) in [7, 11) is 1.75. The lowest BCUT2D eigenvalue weighted by Crippen LogP contribution is -2.47. The Hall–Kier alpha value is -0.550. The summed E-state index contributed by atoms with van der Waals surface area (Å²) in [5, 5.41) is 13.7. The number of ether oxygens (including phenoxy) is 1. The summed E-state index contributed by atoms with van der Waals surface area (Å²) in [6.07, 6.45) is 4.52. The Bertz CT molecular complexity index is 397. The van der Waals surface area contributed by atoms with Crippen molar-refractivity contribution in [2.24, 2.45) is 0 Å². The van der Waals surface area contributed by atoms with E-state index in [0.29, 0.717) is 6.04 Å². The smallest absolute Gasteiger partial charge is 0.0679 e. The minimum Gasteiger partial charge on any atom is -0.394 e. The summed E-state index contributed by atoms with van der Waals surface area (Å²) in [5.74, 6) is 2.17. The van der Waals surface area contributed by atoms with E-state index in [-0.39, 0.29) is 12.1 Å². The molecular weight excluding hydrogens is 282 g/mol. The van der Waals surface area contributed by atoms with Gasteiger partial charge in [-0.05, 0) is 42.8 Å². The van der Waals surface area contributed by atoms with Crippen molar-refractivity contribution in [3.63, 3.8) is 0 Å². The van der Waals surface area contributed by atoms with E-state index in [9.17, 15) is 5.11 Å². The third-order valence-corrected chi connectivity index (χ3v) is 5.03. The maximum atomic E-state index is 10.1. The Morgan fingerprint density at radius 2 is 2.05 bits per heavy atom. The predicted octanol–water partition coefficient (Wildman–Crippen LogP) is 2.79. The van der Waals surface area contributed by atoms with E-state index < -0.39 is 0 Å². The van der Waals surface area contributed by atoms with Crippen LogP contribution in [0.25, 0.3) is 0 Å². The summed E-state index contributed by atoms with van der Waals surface area (Å²) < 4.78 is 5.08. The molecule has 1 saturated carbocycles. The number of aliphatic hydroxyl groups excluding tert-OH is 1. The quantitative estimate of drug-likeness (QED) is 0.617. The first-order chi connectivity index (χ1) is 10.3. The minimum atomic E-state index is -0.281. The average molecular weight is 309 g/mol. The molecule has 0 bridgehead atoms. The highest BCUT2D eigenvalue weighted by atomic mass is 32.2. The summed E-state index contributed by atoms with van der Waals surface area (Å²) in [6.45, 7) is 0.989. The van der Waals surface area contributed by atoms with E-state index in [4.69, 9.17) is 4.74 Å². The average Bonchev–Trinajstić information content (AvgIpc) is 3.34. The zero-order valence-electron chi connectivity index (χ0n) is 12.9. The molecule has 0 heterocycles. The Morgan fingerprint density at radius 1 is 1.29 bits per heavy atom. The number of aliphatic hydroxyl groups is 1. The molecule has 2 N–H and O–H groups in total. The molecule has 4 heteroatoms. The van der Waals surface area contributed by atoms with Crippen LogP contribution < -0.4 is 5.32 Å². The van der Waals surface area contributed by atoms with Gasteiger partial charge >= 0.3 is 0 Å². The fourth-order valence-corrected chi connectivity index (χ4v) is 3.56. The van der Waals surface area contributed by atoms with E-state index in [1.54, 1.807) is 7.11 Å². The van der Waals surface area contributed by atoms with Crippen molar-refractivity contribution in [1.29, 1.82) is 0 Å². The van der Waals surface area contributed by atoms with Crippen molar-refractivity contribution < 1.29 is 9.84 Å². The first-order valence-corrected chi connectivity index (χ1v) is 8.97. The van der Waals surface area contributed by atoms with Gasteiger partial charge in [-0.25, -0.2) is 0 Å². The molecule has 1 fully saturated rings. The zero-order valence-corrected chi connectivity index (χ0v) is 13.7. The largest absolute Gasteiger partial charge is 0.394 e. The molecule has 0 radical (unpaired) electrons. The zero-order chi connectivity index (χ0) is 15.0. The molecule has 1 unspecified atom stereocenters. The van der Waals surface area contributed by atoms with Crippen LogP contribution in [-0.4, -0.2) is 43.0 Å². The fourth-order valence-electron chi connectivity index (χ4n) is 2.55. The SMILES string of the molecule is COCCCSCCC(CO)(NC1CC1)c1ccccc1. The van der Waals surface area contributed by atoms with Gasteiger partial charge in [0.2, 0.25) is 0 Å². The second kappa shape index (κ2) is 8.79. The van der Waals surface area contributed by atoms with E-state index in [1.165, 1.54) is 18.4 Å². The van der Waals surface area contributed by atoms with Crippen molar-refractivity contribution in [3.8, 4) is 0 Å². The maximum absolute atomic E-state index is 10.1. The molecular formula is C17H27NO2S. The van der Waals surface area contributed by atoms with Crippen molar-refractivity contribution in [3.05, 3.63) is 35.9 Å². The molecule has 1 aromatic carbocycles. The molecule has 0 amide bonds. The van der Waals surface area contributed by atoms with Crippen LogP contribution in [-0.2, 0) is 10.3 Å². The lowest BCUT2D eigenvalue weighted by Gasteiger charge is -2.34. The van der Waals surface area contributed by atoms with Crippen LogP contribution in [0.2, 0.25) is 0 Å². The van der Waals surface area contributed by atoms with Crippen molar-refractivity contribution in [2.75, 3.05) is 31.8 Å². The van der Waals surface area contributed by atoms with Crippen LogP contribution in [0.1, 0.15) is 31.2 Å². The molecule has 2 rings (SSSR count). The second-order valence-corrected chi connectivity index (χ2v) is 6.96. The van der Waals surface area contributed by atoms with Crippen molar-refractivity contribution in [1.82, 2.24) is 5.32 Å². The number of methoxy groups -OCH3 is 1. The van der Waals surface area contributed by atoms with Crippen LogP contribution in [0.15, 0.2) is 30.3 Å². The maximum Gasteiger partial charge on any atom is 0.0679 e. The monoisotopic (exact) mass is 309 g/mol.